The summed E-state index contributed by atoms with van der Waals surface area (Å²) in [4.78, 5) is 0. The summed E-state index contributed by atoms with van der Waals surface area (Å²) in [5, 5.41) is 2.42. The summed E-state index contributed by atoms with van der Waals surface area (Å²) in [7, 11) is 0. The van der Waals surface area contributed by atoms with Crippen LogP contribution in [0.15, 0.2) is 36.4 Å². The molecule has 2 aromatic carbocycles. The molecule has 0 fully saturated rings. The molecule has 0 amide bonds. The second kappa shape index (κ2) is 8.66. The zero-order chi connectivity index (χ0) is 12.5. The SMILES string of the molecule is CCCCOc1ccc2c[c-]ccc2c1.[Zn+][Br]. The number of fused-ring (bicyclic) bond motifs is 1. The molecule has 0 radical (unpaired) electrons. The van der Waals surface area contributed by atoms with Gasteiger partial charge in [0, 0.05) is 0 Å². The molecular weight excluding hydrogens is 329 g/mol. The van der Waals surface area contributed by atoms with E-state index < -0.39 is 0 Å². The van der Waals surface area contributed by atoms with Crippen molar-refractivity contribution in [2.45, 2.75) is 19.8 Å². The van der Waals surface area contributed by atoms with Gasteiger partial charge < -0.3 is 4.74 Å². The van der Waals surface area contributed by atoms with Gasteiger partial charge in [-0.15, -0.1) is 16.8 Å². The average molecular weight is 345 g/mol. The summed E-state index contributed by atoms with van der Waals surface area (Å²) >= 11 is 4.25. The van der Waals surface area contributed by atoms with Crippen molar-refractivity contribution in [2.75, 3.05) is 6.61 Å². The van der Waals surface area contributed by atoms with Gasteiger partial charge in [0.1, 0.15) is 5.75 Å². The molecule has 17 heavy (non-hydrogen) atoms. The normalized spacial score (nSPS) is 9.65. The first kappa shape index (κ1) is 14.7. The molecule has 0 aliphatic rings. The van der Waals surface area contributed by atoms with Crippen LogP contribution >= 0.6 is 13.6 Å². The fourth-order valence-corrected chi connectivity index (χ4v) is 1.53. The molecule has 2 aromatic rings. The van der Waals surface area contributed by atoms with E-state index in [9.17, 15) is 0 Å². The summed E-state index contributed by atoms with van der Waals surface area (Å²) in [5.74, 6) is 0.960. The number of benzene rings is 2. The molecule has 0 heterocycles. The summed E-state index contributed by atoms with van der Waals surface area (Å²) < 4.78 is 5.64. The predicted molar refractivity (Wildman–Crippen MR) is 72.1 cm³/mol. The van der Waals surface area contributed by atoms with Crippen LogP contribution in [0.5, 0.6) is 5.75 Å². The van der Waals surface area contributed by atoms with Crippen molar-refractivity contribution in [1.29, 1.82) is 0 Å². The molecule has 0 unspecified atom stereocenters. The summed E-state index contributed by atoms with van der Waals surface area (Å²) in [6, 6.07) is 15.2. The third kappa shape index (κ3) is 4.77. The topological polar surface area (TPSA) is 9.23 Å². The first-order chi connectivity index (χ1) is 8.40. The maximum absolute atomic E-state index is 5.64. The van der Waals surface area contributed by atoms with Crippen LogP contribution in [0.1, 0.15) is 19.8 Å². The third-order valence-corrected chi connectivity index (χ3v) is 2.42. The van der Waals surface area contributed by atoms with Crippen LogP contribution < -0.4 is 4.74 Å². The molecule has 0 aliphatic heterocycles. The number of rotatable bonds is 4. The van der Waals surface area contributed by atoms with E-state index in [4.69, 9.17) is 4.74 Å². The average Bonchev–Trinajstić information content (AvgIpc) is 2.41. The Bertz CT molecular complexity index is 445. The first-order valence-corrected chi connectivity index (χ1v) is 12.6. The molecule has 0 N–H and O–H groups in total. The van der Waals surface area contributed by atoms with E-state index >= 15 is 0 Å². The van der Waals surface area contributed by atoms with Crippen molar-refractivity contribution >= 4 is 24.4 Å². The maximum atomic E-state index is 5.64. The van der Waals surface area contributed by atoms with Crippen LogP contribution in [0.2, 0.25) is 0 Å². The molecule has 3 heteroatoms. The Balaban J connectivity index is 0.000000686. The summed E-state index contributed by atoms with van der Waals surface area (Å²) in [6.07, 6.45) is 2.28. The molecule has 0 aromatic heterocycles. The number of hydrogen-bond donors (Lipinski definition) is 0. The molecule has 2 rings (SSSR count). The van der Waals surface area contributed by atoms with Gasteiger partial charge in [0.05, 0.1) is 6.61 Å². The fraction of sp³-hybridized carbons (Fsp3) is 0.286. The van der Waals surface area contributed by atoms with Crippen molar-refractivity contribution in [3.05, 3.63) is 42.5 Å². The zero-order valence-corrected chi connectivity index (χ0v) is 14.6. The molecule has 1 nitrogen and oxygen atoms in total. The van der Waals surface area contributed by atoms with Crippen molar-refractivity contribution in [3.8, 4) is 5.75 Å². The zero-order valence-electron chi connectivity index (χ0n) is 10.1. The Hall–Kier alpha value is -0.397. The molecule has 0 bridgehead atoms. The summed E-state index contributed by atoms with van der Waals surface area (Å²) in [6.45, 7) is 2.97. The predicted octanol–water partition coefficient (Wildman–Crippen LogP) is 4.66. The van der Waals surface area contributed by atoms with Gasteiger partial charge >= 0.3 is 30.0 Å². The molecule has 0 saturated carbocycles. The van der Waals surface area contributed by atoms with E-state index in [-0.39, 0.29) is 0 Å². The molecule has 0 spiro atoms. The number of ether oxygens (including phenoxy) is 1. The summed E-state index contributed by atoms with van der Waals surface area (Å²) in [5.41, 5.74) is 0. The van der Waals surface area contributed by atoms with Gasteiger partial charge in [0.2, 0.25) is 0 Å². The monoisotopic (exact) mass is 342 g/mol. The van der Waals surface area contributed by atoms with Crippen LogP contribution in [0, 0.1) is 6.07 Å². The third-order valence-electron chi connectivity index (χ3n) is 2.42. The standard InChI is InChI=1S/C14H15O.BrH.Zn/c1-2-3-10-15-14-9-8-12-6-4-5-7-13(12)11-14;;/h5-9,11H,2-3,10H2,1H3;1H;/q-1;;+2/p-1. The van der Waals surface area contributed by atoms with Crippen LogP contribution in [-0.2, 0) is 16.3 Å². The van der Waals surface area contributed by atoms with Crippen molar-refractivity contribution < 1.29 is 21.1 Å². The van der Waals surface area contributed by atoms with Crippen LogP contribution in [0.3, 0.4) is 0 Å². The van der Waals surface area contributed by atoms with Gasteiger partial charge in [0.15, 0.2) is 0 Å². The van der Waals surface area contributed by atoms with Gasteiger partial charge in [-0.05, 0) is 18.6 Å². The van der Waals surface area contributed by atoms with Gasteiger partial charge in [-0.3, -0.25) is 0 Å². The van der Waals surface area contributed by atoms with E-state index in [2.05, 4.69) is 44.8 Å². The van der Waals surface area contributed by atoms with Crippen LogP contribution in [0.4, 0.5) is 0 Å². The molecule has 86 valence electrons. The fourth-order valence-electron chi connectivity index (χ4n) is 1.53. The molecule has 0 saturated heterocycles. The van der Waals surface area contributed by atoms with Crippen molar-refractivity contribution in [2.24, 2.45) is 0 Å². The molecular formula is C14H15BrOZn. The molecule has 0 atom stereocenters. The van der Waals surface area contributed by atoms with E-state index in [1.165, 1.54) is 33.5 Å². The van der Waals surface area contributed by atoms with Crippen molar-refractivity contribution in [3.63, 3.8) is 0 Å². The Morgan fingerprint density at radius 3 is 2.82 bits per heavy atom. The van der Waals surface area contributed by atoms with Gasteiger partial charge in [0.25, 0.3) is 0 Å². The van der Waals surface area contributed by atoms with E-state index in [1.807, 2.05) is 18.2 Å². The van der Waals surface area contributed by atoms with E-state index in [1.54, 1.807) is 0 Å². The van der Waals surface area contributed by atoms with Gasteiger partial charge in [-0.1, -0.05) is 13.3 Å². The second-order valence-electron chi connectivity index (χ2n) is 3.64. The van der Waals surface area contributed by atoms with Gasteiger partial charge in [-0.25, -0.2) is 0 Å². The quantitative estimate of drug-likeness (QED) is 0.445. The Labute approximate surface area is 120 Å². The minimum absolute atomic E-state index is 0.807. The van der Waals surface area contributed by atoms with E-state index in [0.29, 0.717) is 0 Å². The number of halogens is 1. The minimum atomic E-state index is 0.807. The number of hydrogen-bond acceptors (Lipinski definition) is 1. The van der Waals surface area contributed by atoms with Gasteiger partial charge in [-0.2, -0.15) is 24.3 Å². The van der Waals surface area contributed by atoms with Crippen LogP contribution in [0.25, 0.3) is 10.8 Å². The Morgan fingerprint density at radius 2 is 2.06 bits per heavy atom. The Morgan fingerprint density at radius 1 is 1.24 bits per heavy atom. The molecule has 0 aliphatic carbocycles. The van der Waals surface area contributed by atoms with E-state index in [0.717, 1.165) is 18.8 Å². The second-order valence-corrected chi connectivity index (χ2v) is 3.64. The van der Waals surface area contributed by atoms with Crippen molar-refractivity contribution in [1.82, 2.24) is 0 Å². The number of unbranched alkanes of at least 4 members (excludes halogenated alkanes) is 1. The first-order valence-electron chi connectivity index (χ1n) is 5.69. The van der Waals surface area contributed by atoms with Crippen LogP contribution in [-0.4, -0.2) is 6.61 Å². The Kier molecular flexibility index (Phi) is 7.47.